The molecule has 0 atom stereocenters. The van der Waals surface area contributed by atoms with Gasteiger partial charge in [-0.1, -0.05) is 11.6 Å². The molecule has 1 aromatic heterocycles. The van der Waals surface area contributed by atoms with E-state index in [2.05, 4.69) is 32.6 Å². The molecule has 0 saturated heterocycles. The summed E-state index contributed by atoms with van der Waals surface area (Å²) in [5, 5.41) is 0.456. The van der Waals surface area contributed by atoms with Gasteiger partial charge in [-0.2, -0.15) is 0 Å². The Morgan fingerprint density at radius 3 is 2.37 bits per heavy atom. The van der Waals surface area contributed by atoms with Crippen molar-refractivity contribution in [2.24, 2.45) is 0 Å². The Balaban J connectivity index is 2.53. The molecular weight excluding hydrogens is 379 g/mol. The maximum Gasteiger partial charge on any atom is 0.161 e. The minimum absolute atomic E-state index is 0.456. The molecule has 0 spiro atoms. The summed E-state index contributed by atoms with van der Waals surface area (Å²) >= 11 is 8.22. The van der Waals surface area contributed by atoms with Crippen LogP contribution in [0.25, 0.3) is 11.4 Å². The van der Waals surface area contributed by atoms with Gasteiger partial charge < -0.3 is 9.47 Å². The smallest absolute Gasteiger partial charge is 0.161 e. The number of benzene rings is 1. The predicted octanol–water partition coefficient (Wildman–Crippen LogP) is 3.73. The molecule has 19 heavy (non-hydrogen) atoms. The van der Waals surface area contributed by atoms with Crippen molar-refractivity contribution in [1.29, 1.82) is 0 Å². The Morgan fingerprint density at radius 1 is 1.11 bits per heavy atom. The van der Waals surface area contributed by atoms with Gasteiger partial charge in [-0.15, -0.1) is 0 Å². The summed E-state index contributed by atoms with van der Waals surface area (Å²) in [6.45, 7) is 1.90. The number of aryl methyl sites for hydroxylation is 1. The van der Waals surface area contributed by atoms with Crippen molar-refractivity contribution in [1.82, 2.24) is 9.97 Å². The zero-order valence-corrected chi connectivity index (χ0v) is 13.6. The van der Waals surface area contributed by atoms with E-state index in [4.69, 9.17) is 21.1 Å². The van der Waals surface area contributed by atoms with E-state index in [1.807, 2.05) is 25.1 Å². The van der Waals surface area contributed by atoms with Crippen molar-refractivity contribution in [3.05, 3.63) is 32.6 Å². The average molecular weight is 391 g/mol. The first kappa shape index (κ1) is 14.3. The Bertz CT molecular complexity index is 597. The van der Waals surface area contributed by atoms with E-state index < -0.39 is 0 Å². The third-order valence-corrected chi connectivity index (χ3v) is 4.50. The number of halogens is 2. The molecule has 4 nitrogen and oxygen atoms in total. The Hall–Kier alpha value is -1.08. The normalized spacial score (nSPS) is 10.4. The summed E-state index contributed by atoms with van der Waals surface area (Å²) in [4.78, 5) is 8.72. The summed E-state index contributed by atoms with van der Waals surface area (Å²) in [6.07, 6.45) is 0. The summed E-state index contributed by atoms with van der Waals surface area (Å²) in [6, 6.07) is 5.52. The molecule has 0 saturated carbocycles. The van der Waals surface area contributed by atoms with E-state index in [0.29, 0.717) is 22.5 Å². The molecule has 2 aromatic rings. The molecule has 0 aliphatic heterocycles. The van der Waals surface area contributed by atoms with E-state index in [0.717, 1.165) is 14.8 Å². The average Bonchev–Trinajstić information content (AvgIpc) is 2.43. The van der Waals surface area contributed by atoms with Gasteiger partial charge in [0, 0.05) is 5.56 Å². The van der Waals surface area contributed by atoms with Gasteiger partial charge in [0.1, 0.15) is 5.15 Å². The monoisotopic (exact) mass is 390 g/mol. The van der Waals surface area contributed by atoms with Crippen molar-refractivity contribution >= 4 is 34.2 Å². The molecule has 100 valence electrons. The van der Waals surface area contributed by atoms with Gasteiger partial charge in [0.2, 0.25) is 0 Å². The molecule has 0 radical (unpaired) electrons. The second-order valence-electron chi connectivity index (χ2n) is 3.81. The quantitative estimate of drug-likeness (QED) is 0.592. The van der Waals surface area contributed by atoms with Crippen LogP contribution < -0.4 is 9.47 Å². The van der Waals surface area contributed by atoms with Crippen LogP contribution in [0, 0.1) is 10.5 Å². The number of hydrogen-bond donors (Lipinski definition) is 0. The molecule has 0 aliphatic carbocycles. The van der Waals surface area contributed by atoms with Gasteiger partial charge in [-0.25, -0.2) is 9.97 Å². The van der Waals surface area contributed by atoms with E-state index in [1.165, 1.54) is 0 Å². The second kappa shape index (κ2) is 5.92. The SMILES string of the molecule is COc1ccc(-c2nc(C)c(I)c(Cl)n2)cc1OC. The van der Waals surface area contributed by atoms with Crippen LogP contribution >= 0.6 is 34.2 Å². The highest BCUT2D eigenvalue weighted by atomic mass is 127. The first-order valence-corrected chi connectivity index (χ1v) is 6.94. The maximum absolute atomic E-state index is 6.09. The lowest BCUT2D eigenvalue weighted by molar-refractivity contribution is 0.355. The molecule has 1 aromatic carbocycles. The van der Waals surface area contributed by atoms with Crippen molar-refractivity contribution in [3.63, 3.8) is 0 Å². The van der Waals surface area contributed by atoms with Gasteiger partial charge >= 0.3 is 0 Å². The molecule has 0 fully saturated rings. The first-order valence-electron chi connectivity index (χ1n) is 5.49. The summed E-state index contributed by atoms with van der Waals surface area (Å²) in [5.74, 6) is 1.87. The van der Waals surface area contributed by atoms with E-state index in [9.17, 15) is 0 Å². The number of ether oxygens (including phenoxy) is 2. The van der Waals surface area contributed by atoms with Crippen LogP contribution in [-0.4, -0.2) is 24.2 Å². The van der Waals surface area contributed by atoms with Crippen LogP contribution in [0.2, 0.25) is 5.15 Å². The van der Waals surface area contributed by atoms with Crippen molar-refractivity contribution in [2.45, 2.75) is 6.92 Å². The predicted molar refractivity (Wildman–Crippen MR) is 83.0 cm³/mol. The molecule has 0 bridgehead atoms. The lowest BCUT2D eigenvalue weighted by Crippen LogP contribution is -1.97. The van der Waals surface area contributed by atoms with Gasteiger partial charge in [0.05, 0.1) is 23.5 Å². The molecular formula is C13H12ClIN2O2. The maximum atomic E-state index is 6.09. The molecule has 0 unspecified atom stereocenters. The first-order chi connectivity index (χ1) is 9.06. The Labute approximate surface area is 130 Å². The third kappa shape index (κ3) is 2.92. The highest BCUT2D eigenvalue weighted by molar-refractivity contribution is 14.1. The standard InChI is InChI=1S/C13H12ClIN2O2/c1-7-11(15)12(14)17-13(16-7)8-4-5-9(18-2)10(6-8)19-3/h4-6H,1-3H3. The van der Waals surface area contributed by atoms with Crippen LogP contribution in [0.1, 0.15) is 5.69 Å². The molecule has 6 heteroatoms. The fraction of sp³-hybridized carbons (Fsp3) is 0.231. The van der Waals surface area contributed by atoms with E-state index >= 15 is 0 Å². The highest BCUT2D eigenvalue weighted by Gasteiger charge is 2.11. The number of aromatic nitrogens is 2. The fourth-order valence-corrected chi connectivity index (χ4v) is 2.09. The van der Waals surface area contributed by atoms with Crippen LogP contribution in [-0.2, 0) is 0 Å². The van der Waals surface area contributed by atoms with Gasteiger partial charge in [0.25, 0.3) is 0 Å². The highest BCUT2D eigenvalue weighted by Crippen LogP contribution is 2.32. The van der Waals surface area contributed by atoms with Crippen molar-refractivity contribution in [3.8, 4) is 22.9 Å². The number of methoxy groups -OCH3 is 2. The summed E-state index contributed by atoms with van der Waals surface area (Å²) < 4.78 is 11.3. The Kier molecular flexibility index (Phi) is 4.46. The second-order valence-corrected chi connectivity index (χ2v) is 5.24. The van der Waals surface area contributed by atoms with Gasteiger partial charge in [-0.05, 0) is 47.7 Å². The van der Waals surface area contributed by atoms with Crippen LogP contribution in [0.4, 0.5) is 0 Å². The molecule has 2 rings (SSSR count). The topological polar surface area (TPSA) is 44.2 Å². The van der Waals surface area contributed by atoms with E-state index in [1.54, 1.807) is 14.2 Å². The lowest BCUT2D eigenvalue weighted by atomic mass is 10.2. The molecule has 0 amide bonds. The summed E-state index contributed by atoms with van der Waals surface area (Å²) in [5.41, 5.74) is 1.68. The largest absolute Gasteiger partial charge is 0.493 e. The number of hydrogen-bond acceptors (Lipinski definition) is 4. The van der Waals surface area contributed by atoms with Crippen molar-refractivity contribution in [2.75, 3.05) is 14.2 Å². The molecule has 0 N–H and O–H groups in total. The molecule has 0 aliphatic rings. The molecule has 1 heterocycles. The third-order valence-electron chi connectivity index (χ3n) is 2.62. The fourth-order valence-electron chi connectivity index (χ4n) is 1.63. The van der Waals surface area contributed by atoms with E-state index in [-0.39, 0.29) is 0 Å². The lowest BCUT2D eigenvalue weighted by Gasteiger charge is -2.10. The number of nitrogens with zero attached hydrogens (tertiary/aromatic N) is 2. The number of rotatable bonds is 3. The summed E-state index contributed by atoms with van der Waals surface area (Å²) in [7, 11) is 3.19. The van der Waals surface area contributed by atoms with Crippen LogP contribution in [0.15, 0.2) is 18.2 Å². The van der Waals surface area contributed by atoms with Crippen LogP contribution in [0.3, 0.4) is 0 Å². The zero-order valence-electron chi connectivity index (χ0n) is 10.7. The van der Waals surface area contributed by atoms with Gasteiger partial charge in [-0.3, -0.25) is 0 Å². The van der Waals surface area contributed by atoms with Crippen LogP contribution in [0.5, 0.6) is 11.5 Å². The van der Waals surface area contributed by atoms with Gasteiger partial charge in [0.15, 0.2) is 17.3 Å². The Morgan fingerprint density at radius 2 is 1.79 bits per heavy atom. The zero-order chi connectivity index (χ0) is 14.0. The minimum Gasteiger partial charge on any atom is -0.493 e. The van der Waals surface area contributed by atoms with Crippen molar-refractivity contribution < 1.29 is 9.47 Å². The minimum atomic E-state index is 0.456.